The summed E-state index contributed by atoms with van der Waals surface area (Å²) in [5.74, 6) is 0.738. The van der Waals surface area contributed by atoms with E-state index in [-0.39, 0.29) is 0 Å². The lowest BCUT2D eigenvalue weighted by Gasteiger charge is -2.18. The van der Waals surface area contributed by atoms with Gasteiger partial charge in [0.1, 0.15) is 0 Å². The van der Waals surface area contributed by atoms with Crippen molar-refractivity contribution in [1.29, 1.82) is 0 Å². The Morgan fingerprint density at radius 2 is 2.18 bits per heavy atom. The number of rotatable bonds is 8. The molecule has 0 aliphatic rings. The first kappa shape index (κ1) is 14.0. The van der Waals surface area contributed by atoms with Crippen LogP contribution in [0.3, 0.4) is 0 Å². The standard InChI is InChI=1S/C14H24N2O/c1-4-5-6-7-10-13(15-2)12-9-8-11-16-14(12)17-3/h8-9,11,13,15H,4-7,10H2,1-3H3. The van der Waals surface area contributed by atoms with Crippen molar-refractivity contribution in [3.63, 3.8) is 0 Å². The van der Waals surface area contributed by atoms with Crippen LogP contribution in [0.15, 0.2) is 18.3 Å². The molecule has 1 N–H and O–H groups in total. The maximum atomic E-state index is 5.30. The van der Waals surface area contributed by atoms with E-state index in [9.17, 15) is 0 Å². The molecule has 0 aliphatic carbocycles. The van der Waals surface area contributed by atoms with E-state index in [1.807, 2.05) is 13.1 Å². The zero-order chi connectivity index (χ0) is 12.5. The minimum absolute atomic E-state index is 0.343. The quantitative estimate of drug-likeness (QED) is 0.703. The molecule has 0 bridgehead atoms. The topological polar surface area (TPSA) is 34.2 Å². The largest absolute Gasteiger partial charge is 0.481 e. The van der Waals surface area contributed by atoms with Crippen LogP contribution >= 0.6 is 0 Å². The van der Waals surface area contributed by atoms with Crippen molar-refractivity contribution in [3.05, 3.63) is 23.9 Å². The predicted molar refractivity (Wildman–Crippen MR) is 71.3 cm³/mol. The van der Waals surface area contributed by atoms with Gasteiger partial charge in [0.15, 0.2) is 0 Å². The Balaban J connectivity index is 2.59. The van der Waals surface area contributed by atoms with Gasteiger partial charge in [-0.1, -0.05) is 38.7 Å². The van der Waals surface area contributed by atoms with Gasteiger partial charge in [0.25, 0.3) is 0 Å². The maximum absolute atomic E-state index is 5.30. The minimum Gasteiger partial charge on any atom is -0.481 e. The van der Waals surface area contributed by atoms with Gasteiger partial charge < -0.3 is 10.1 Å². The van der Waals surface area contributed by atoms with Crippen molar-refractivity contribution in [1.82, 2.24) is 10.3 Å². The summed E-state index contributed by atoms with van der Waals surface area (Å²) in [6.45, 7) is 2.24. The fourth-order valence-corrected chi connectivity index (χ4v) is 2.07. The van der Waals surface area contributed by atoms with E-state index in [0.29, 0.717) is 6.04 Å². The lowest BCUT2D eigenvalue weighted by molar-refractivity contribution is 0.380. The monoisotopic (exact) mass is 236 g/mol. The molecule has 0 aromatic carbocycles. The Hall–Kier alpha value is -1.09. The smallest absolute Gasteiger partial charge is 0.217 e. The maximum Gasteiger partial charge on any atom is 0.217 e. The Morgan fingerprint density at radius 3 is 2.82 bits per heavy atom. The molecule has 17 heavy (non-hydrogen) atoms. The van der Waals surface area contributed by atoms with Gasteiger partial charge in [-0.2, -0.15) is 0 Å². The van der Waals surface area contributed by atoms with Crippen LogP contribution < -0.4 is 10.1 Å². The van der Waals surface area contributed by atoms with Crippen LogP contribution in [0.5, 0.6) is 5.88 Å². The fourth-order valence-electron chi connectivity index (χ4n) is 2.07. The van der Waals surface area contributed by atoms with Crippen LogP contribution in [0.25, 0.3) is 0 Å². The molecule has 3 heteroatoms. The third kappa shape index (κ3) is 4.35. The molecule has 0 aliphatic heterocycles. The normalized spacial score (nSPS) is 12.4. The van der Waals surface area contributed by atoms with Crippen LogP contribution in [-0.4, -0.2) is 19.1 Å². The van der Waals surface area contributed by atoms with E-state index < -0.39 is 0 Å². The van der Waals surface area contributed by atoms with E-state index in [1.54, 1.807) is 13.3 Å². The Morgan fingerprint density at radius 1 is 1.35 bits per heavy atom. The molecule has 0 fully saturated rings. The first-order valence-corrected chi connectivity index (χ1v) is 6.49. The van der Waals surface area contributed by atoms with Gasteiger partial charge in [-0.25, -0.2) is 4.98 Å². The Labute approximate surface area is 105 Å². The van der Waals surface area contributed by atoms with Crippen LogP contribution in [0.2, 0.25) is 0 Å². The number of ether oxygens (including phenoxy) is 1. The molecule has 0 spiro atoms. The zero-order valence-corrected chi connectivity index (χ0v) is 11.2. The molecule has 1 rings (SSSR count). The average Bonchev–Trinajstić information content (AvgIpc) is 2.39. The third-order valence-electron chi connectivity index (χ3n) is 3.06. The molecule has 1 atom stereocenters. The molecule has 1 heterocycles. The van der Waals surface area contributed by atoms with Crippen molar-refractivity contribution in [3.8, 4) is 5.88 Å². The van der Waals surface area contributed by atoms with Crippen molar-refractivity contribution >= 4 is 0 Å². The van der Waals surface area contributed by atoms with E-state index in [2.05, 4.69) is 23.3 Å². The number of pyridine rings is 1. The van der Waals surface area contributed by atoms with Gasteiger partial charge in [0.2, 0.25) is 5.88 Å². The summed E-state index contributed by atoms with van der Waals surface area (Å²) in [6, 6.07) is 4.40. The van der Waals surface area contributed by atoms with Crippen molar-refractivity contribution in [2.75, 3.05) is 14.2 Å². The van der Waals surface area contributed by atoms with Crippen LogP contribution in [-0.2, 0) is 0 Å². The summed E-state index contributed by atoms with van der Waals surface area (Å²) in [5.41, 5.74) is 1.16. The minimum atomic E-state index is 0.343. The van der Waals surface area contributed by atoms with Crippen molar-refractivity contribution in [2.45, 2.75) is 45.1 Å². The molecule has 1 aromatic rings. The molecule has 3 nitrogen and oxygen atoms in total. The van der Waals surface area contributed by atoms with E-state index >= 15 is 0 Å². The predicted octanol–water partition coefficient (Wildman–Crippen LogP) is 3.32. The summed E-state index contributed by atoms with van der Waals surface area (Å²) in [7, 11) is 3.67. The first-order valence-electron chi connectivity index (χ1n) is 6.49. The molecule has 0 saturated carbocycles. The second-order valence-electron chi connectivity index (χ2n) is 4.29. The number of methoxy groups -OCH3 is 1. The van der Waals surface area contributed by atoms with Gasteiger partial charge in [0, 0.05) is 17.8 Å². The molecular formula is C14H24N2O. The van der Waals surface area contributed by atoms with Gasteiger partial charge in [-0.15, -0.1) is 0 Å². The number of aromatic nitrogens is 1. The molecule has 96 valence electrons. The number of hydrogen-bond acceptors (Lipinski definition) is 3. The van der Waals surface area contributed by atoms with Crippen LogP contribution in [0, 0.1) is 0 Å². The molecule has 1 aromatic heterocycles. The second kappa shape index (κ2) is 8.07. The number of nitrogens with one attached hydrogen (secondary N) is 1. The fraction of sp³-hybridized carbons (Fsp3) is 0.643. The first-order chi connectivity index (χ1) is 8.33. The second-order valence-corrected chi connectivity index (χ2v) is 4.29. The van der Waals surface area contributed by atoms with Crippen LogP contribution in [0.1, 0.15) is 50.6 Å². The van der Waals surface area contributed by atoms with E-state index in [4.69, 9.17) is 4.74 Å². The summed E-state index contributed by atoms with van der Waals surface area (Å²) in [6.07, 6.45) is 8.06. The van der Waals surface area contributed by atoms with Crippen molar-refractivity contribution in [2.24, 2.45) is 0 Å². The van der Waals surface area contributed by atoms with Gasteiger partial charge >= 0.3 is 0 Å². The summed E-state index contributed by atoms with van der Waals surface area (Å²) in [4.78, 5) is 4.25. The highest BCUT2D eigenvalue weighted by molar-refractivity contribution is 5.28. The molecule has 0 amide bonds. The summed E-state index contributed by atoms with van der Waals surface area (Å²) >= 11 is 0. The van der Waals surface area contributed by atoms with Gasteiger partial charge in [-0.3, -0.25) is 0 Å². The Kier molecular flexibility index (Phi) is 6.63. The molecule has 1 unspecified atom stereocenters. The SMILES string of the molecule is CCCCCCC(NC)c1cccnc1OC. The molecular weight excluding hydrogens is 212 g/mol. The Bertz CT molecular complexity index is 315. The lowest BCUT2D eigenvalue weighted by atomic mass is 10.0. The highest BCUT2D eigenvalue weighted by Crippen LogP contribution is 2.26. The highest BCUT2D eigenvalue weighted by Gasteiger charge is 2.14. The highest BCUT2D eigenvalue weighted by atomic mass is 16.5. The van der Waals surface area contributed by atoms with E-state index in [1.165, 1.54) is 25.7 Å². The third-order valence-corrected chi connectivity index (χ3v) is 3.06. The molecule has 0 saturated heterocycles. The lowest BCUT2D eigenvalue weighted by Crippen LogP contribution is -2.17. The zero-order valence-electron chi connectivity index (χ0n) is 11.2. The average molecular weight is 236 g/mol. The molecule has 0 radical (unpaired) electrons. The van der Waals surface area contributed by atoms with Crippen LogP contribution in [0.4, 0.5) is 0 Å². The van der Waals surface area contributed by atoms with Gasteiger partial charge in [-0.05, 0) is 19.5 Å². The summed E-state index contributed by atoms with van der Waals surface area (Å²) in [5, 5.41) is 3.35. The summed E-state index contributed by atoms with van der Waals surface area (Å²) < 4.78 is 5.30. The number of unbranched alkanes of at least 4 members (excludes halogenated alkanes) is 3. The van der Waals surface area contributed by atoms with Gasteiger partial charge in [0.05, 0.1) is 7.11 Å². The van der Waals surface area contributed by atoms with Crippen molar-refractivity contribution < 1.29 is 4.74 Å². The van der Waals surface area contributed by atoms with E-state index in [0.717, 1.165) is 17.9 Å². The number of hydrogen-bond donors (Lipinski definition) is 1. The number of nitrogens with zero attached hydrogens (tertiary/aromatic N) is 1.